The number of aromatic nitrogens is 1. The lowest BCUT2D eigenvalue weighted by Gasteiger charge is -2.09. The van der Waals surface area contributed by atoms with Crippen molar-refractivity contribution in [3.63, 3.8) is 0 Å². The van der Waals surface area contributed by atoms with Crippen LogP contribution in [0.25, 0.3) is 0 Å². The first-order valence-corrected chi connectivity index (χ1v) is 7.99. The molecule has 1 heterocycles. The van der Waals surface area contributed by atoms with Crippen molar-refractivity contribution in [2.24, 2.45) is 5.73 Å². The third kappa shape index (κ3) is 4.42. The Bertz CT molecular complexity index is 395. The number of amides is 1. The number of nitrogens with zero attached hydrogens (tertiary/aromatic N) is 1. The molecule has 1 fully saturated rings. The van der Waals surface area contributed by atoms with Crippen LogP contribution in [-0.4, -0.2) is 28.9 Å². The van der Waals surface area contributed by atoms with Gasteiger partial charge in [-0.05, 0) is 31.3 Å². The van der Waals surface area contributed by atoms with Crippen LogP contribution in [0.5, 0.6) is 0 Å². The molecular weight excluding hydrogens is 290 g/mol. The summed E-state index contributed by atoms with van der Waals surface area (Å²) in [7, 11) is 0. The summed E-state index contributed by atoms with van der Waals surface area (Å²) in [5.41, 5.74) is 6.90. The second-order valence-corrected chi connectivity index (χ2v) is 6.07. The first kappa shape index (κ1) is 15.8. The van der Waals surface area contributed by atoms with Crippen LogP contribution in [0.4, 0.5) is 5.13 Å². The first-order chi connectivity index (χ1) is 8.20. The van der Waals surface area contributed by atoms with E-state index in [2.05, 4.69) is 10.3 Å². The smallest absolute Gasteiger partial charge is 0.243 e. The zero-order valence-electron chi connectivity index (χ0n) is 10.2. The summed E-state index contributed by atoms with van der Waals surface area (Å²) in [5, 5.41) is 5.49. The summed E-state index contributed by atoms with van der Waals surface area (Å²) in [5.74, 6) is 1.40. The molecule has 0 bridgehead atoms. The highest BCUT2D eigenvalue weighted by molar-refractivity contribution is 7.98. The fourth-order valence-electron chi connectivity index (χ4n) is 1.48. The van der Waals surface area contributed by atoms with Gasteiger partial charge in [-0.2, -0.15) is 11.8 Å². The van der Waals surface area contributed by atoms with Crippen LogP contribution in [-0.2, 0) is 4.79 Å². The molecule has 0 aromatic carbocycles. The van der Waals surface area contributed by atoms with Gasteiger partial charge in [0, 0.05) is 11.3 Å². The molecule has 0 radical (unpaired) electrons. The number of rotatable bonds is 6. The molecule has 1 amide bonds. The maximum atomic E-state index is 11.7. The SMILES string of the molecule is CSCC[C@H](N)C(=O)Nc1nc(C2CC2)cs1.Cl. The van der Waals surface area contributed by atoms with Crippen molar-refractivity contribution in [2.75, 3.05) is 17.3 Å². The van der Waals surface area contributed by atoms with E-state index in [-0.39, 0.29) is 18.3 Å². The Morgan fingerprint density at radius 3 is 3.06 bits per heavy atom. The Morgan fingerprint density at radius 2 is 2.44 bits per heavy atom. The number of thioether (sulfide) groups is 1. The molecule has 1 aromatic heterocycles. The predicted molar refractivity (Wildman–Crippen MR) is 80.9 cm³/mol. The minimum Gasteiger partial charge on any atom is -0.320 e. The van der Waals surface area contributed by atoms with Gasteiger partial charge in [0.2, 0.25) is 5.91 Å². The van der Waals surface area contributed by atoms with E-state index in [1.54, 1.807) is 11.8 Å². The number of halogens is 1. The predicted octanol–water partition coefficient (Wildman–Crippen LogP) is 2.46. The van der Waals surface area contributed by atoms with Gasteiger partial charge in [-0.1, -0.05) is 0 Å². The van der Waals surface area contributed by atoms with Crippen molar-refractivity contribution in [3.05, 3.63) is 11.1 Å². The Balaban J connectivity index is 0.00000162. The van der Waals surface area contributed by atoms with E-state index in [0.717, 1.165) is 11.4 Å². The maximum absolute atomic E-state index is 11.7. The molecule has 2 rings (SSSR count). The van der Waals surface area contributed by atoms with Gasteiger partial charge >= 0.3 is 0 Å². The van der Waals surface area contributed by atoms with E-state index in [1.165, 1.54) is 24.2 Å². The van der Waals surface area contributed by atoms with E-state index < -0.39 is 6.04 Å². The number of carbonyl (C=O) groups excluding carboxylic acids is 1. The highest BCUT2D eigenvalue weighted by Gasteiger charge is 2.26. The molecule has 18 heavy (non-hydrogen) atoms. The van der Waals surface area contributed by atoms with Crippen LogP contribution in [0.1, 0.15) is 30.9 Å². The van der Waals surface area contributed by atoms with Crippen molar-refractivity contribution < 1.29 is 4.79 Å². The van der Waals surface area contributed by atoms with Gasteiger partial charge in [0.05, 0.1) is 11.7 Å². The molecule has 1 aliphatic carbocycles. The molecule has 3 N–H and O–H groups in total. The fraction of sp³-hybridized carbons (Fsp3) is 0.636. The third-order valence-corrected chi connectivity index (χ3v) is 4.14. The second-order valence-electron chi connectivity index (χ2n) is 4.23. The van der Waals surface area contributed by atoms with Gasteiger partial charge in [-0.3, -0.25) is 4.79 Å². The van der Waals surface area contributed by atoms with Gasteiger partial charge < -0.3 is 11.1 Å². The van der Waals surface area contributed by atoms with Crippen molar-refractivity contribution in [1.29, 1.82) is 0 Å². The van der Waals surface area contributed by atoms with Gasteiger partial charge in [0.15, 0.2) is 5.13 Å². The summed E-state index contributed by atoms with van der Waals surface area (Å²) >= 11 is 3.18. The minimum atomic E-state index is -0.435. The number of nitrogens with one attached hydrogen (secondary N) is 1. The largest absolute Gasteiger partial charge is 0.320 e. The van der Waals surface area contributed by atoms with E-state index in [4.69, 9.17) is 5.73 Å². The number of nitrogens with two attached hydrogens (primary N) is 1. The minimum absolute atomic E-state index is 0. The lowest BCUT2D eigenvalue weighted by Crippen LogP contribution is -2.36. The number of carbonyl (C=O) groups is 1. The zero-order chi connectivity index (χ0) is 12.3. The molecule has 1 atom stereocenters. The topological polar surface area (TPSA) is 68.0 Å². The lowest BCUT2D eigenvalue weighted by molar-refractivity contribution is -0.117. The summed E-state index contributed by atoms with van der Waals surface area (Å²) in [6.45, 7) is 0. The second kappa shape index (κ2) is 7.33. The molecule has 102 valence electrons. The molecule has 7 heteroatoms. The Morgan fingerprint density at radius 1 is 1.72 bits per heavy atom. The van der Waals surface area contributed by atoms with Crippen molar-refractivity contribution in [2.45, 2.75) is 31.2 Å². The van der Waals surface area contributed by atoms with E-state index in [9.17, 15) is 4.79 Å². The normalized spacial score (nSPS) is 15.9. The van der Waals surface area contributed by atoms with Crippen LogP contribution in [0.3, 0.4) is 0 Å². The molecule has 0 spiro atoms. The van der Waals surface area contributed by atoms with E-state index >= 15 is 0 Å². The Kier molecular flexibility index (Phi) is 6.42. The lowest BCUT2D eigenvalue weighted by atomic mass is 10.2. The van der Waals surface area contributed by atoms with Crippen molar-refractivity contribution >= 4 is 46.5 Å². The van der Waals surface area contributed by atoms with Crippen LogP contribution in [0, 0.1) is 0 Å². The molecule has 1 aliphatic rings. The van der Waals surface area contributed by atoms with Crippen molar-refractivity contribution in [1.82, 2.24) is 4.98 Å². The van der Waals surface area contributed by atoms with Crippen LogP contribution in [0.15, 0.2) is 5.38 Å². The molecule has 1 saturated carbocycles. The Hall–Kier alpha value is -0.300. The van der Waals surface area contributed by atoms with Gasteiger partial charge in [-0.15, -0.1) is 23.7 Å². The average molecular weight is 308 g/mol. The van der Waals surface area contributed by atoms with E-state index in [0.29, 0.717) is 17.5 Å². The quantitative estimate of drug-likeness (QED) is 0.847. The number of anilines is 1. The number of hydrogen-bond donors (Lipinski definition) is 2. The maximum Gasteiger partial charge on any atom is 0.243 e. The first-order valence-electron chi connectivity index (χ1n) is 5.71. The monoisotopic (exact) mass is 307 g/mol. The summed E-state index contributed by atoms with van der Waals surface area (Å²) in [6, 6.07) is -0.435. The molecule has 1 aromatic rings. The van der Waals surface area contributed by atoms with Crippen molar-refractivity contribution in [3.8, 4) is 0 Å². The van der Waals surface area contributed by atoms with Crippen LogP contribution >= 0.6 is 35.5 Å². The average Bonchev–Trinajstić information content (AvgIpc) is 3.07. The summed E-state index contributed by atoms with van der Waals surface area (Å²) in [4.78, 5) is 16.1. The van der Waals surface area contributed by atoms with Crippen LogP contribution in [0.2, 0.25) is 0 Å². The highest BCUT2D eigenvalue weighted by atomic mass is 35.5. The molecule has 0 saturated heterocycles. The molecule has 0 aliphatic heterocycles. The molecular formula is C11H18ClN3OS2. The fourth-order valence-corrected chi connectivity index (χ4v) is 2.77. The summed E-state index contributed by atoms with van der Waals surface area (Å²) in [6.07, 6.45) is 5.16. The van der Waals surface area contributed by atoms with E-state index in [1.807, 2.05) is 11.6 Å². The van der Waals surface area contributed by atoms with Crippen LogP contribution < -0.4 is 11.1 Å². The standard InChI is InChI=1S/C11H17N3OS2.ClH/c1-16-5-4-8(12)10(15)14-11-13-9(6-17-11)7-2-3-7;/h6-8H,2-5,12H2,1H3,(H,13,14,15);1H/t8-;/m0./s1. The number of thiazole rings is 1. The highest BCUT2D eigenvalue weighted by Crippen LogP contribution is 2.40. The van der Waals surface area contributed by atoms with Gasteiger partial charge in [0.1, 0.15) is 0 Å². The third-order valence-electron chi connectivity index (χ3n) is 2.72. The molecule has 0 unspecified atom stereocenters. The van der Waals surface area contributed by atoms with Gasteiger partial charge in [-0.25, -0.2) is 4.98 Å². The van der Waals surface area contributed by atoms with Gasteiger partial charge in [0.25, 0.3) is 0 Å². The zero-order valence-corrected chi connectivity index (χ0v) is 12.7. The Labute approximate surface area is 122 Å². The summed E-state index contributed by atoms with van der Waals surface area (Å²) < 4.78 is 0. The number of hydrogen-bond acceptors (Lipinski definition) is 5. The molecule has 4 nitrogen and oxygen atoms in total.